The van der Waals surface area contributed by atoms with E-state index in [4.69, 9.17) is 0 Å². The Balaban J connectivity index is 1.66. The average molecular weight is 313 g/mol. The van der Waals surface area contributed by atoms with Gasteiger partial charge in [-0.1, -0.05) is 6.07 Å². The smallest absolute Gasteiger partial charge is 0.217 e. The molecule has 1 amide bonds. The number of amides is 1. The summed E-state index contributed by atoms with van der Waals surface area (Å²) in [6.07, 6.45) is 8.20. The number of rotatable bonds is 5. The van der Waals surface area contributed by atoms with Crippen molar-refractivity contribution in [3.63, 3.8) is 0 Å². The number of pyridine rings is 1. The molecule has 1 unspecified atom stereocenters. The molecule has 3 rings (SSSR count). The quantitative estimate of drug-likeness (QED) is 0.914. The van der Waals surface area contributed by atoms with Gasteiger partial charge in [0.2, 0.25) is 5.91 Å². The number of likely N-dealkylation sites (tertiary alicyclic amines) is 1. The summed E-state index contributed by atoms with van der Waals surface area (Å²) in [5, 5.41) is 7.04. The molecule has 6 nitrogen and oxygen atoms in total. The second kappa shape index (κ2) is 6.91. The van der Waals surface area contributed by atoms with E-state index in [-0.39, 0.29) is 5.91 Å². The van der Waals surface area contributed by atoms with E-state index in [9.17, 15) is 4.79 Å². The van der Waals surface area contributed by atoms with Crippen LogP contribution in [0, 0.1) is 0 Å². The van der Waals surface area contributed by atoms with Crippen molar-refractivity contribution in [1.29, 1.82) is 0 Å². The van der Waals surface area contributed by atoms with E-state index in [2.05, 4.69) is 38.6 Å². The van der Waals surface area contributed by atoms with E-state index in [1.165, 1.54) is 18.9 Å². The fourth-order valence-electron chi connectivity index (χ4n) is 3.10. The number of carbonyl (C=O) groups is 1. The molecule has 0 spiro atoms. The van der Waals surface area contributed by atoms with Gasteiger partial charge < -0.3 is 5.32 Å². The molecule has 1 aliphatic rings. The van der Waals surface area contributed by atoms with Gasteiger partial charge in [-0.05, 0) is 31.0 Å². The Morgan fingerprint density at radius 3 is 2.87 bits per heavy atom. The van der Waals surface area contributed by atoms with Crippen LogP contribution in [0.25, 0.3) is 0 Å². The lowest BCUT2D eigenvalue weighted by Crippen LogP contribution is -2.23. The first kappa shape index (κ1) is 15.7. The fraction of sp³-hybridized carbons (Fsp3) is 0.471. The second-order valence-corrected chi connectivity index (χ2v) is 6.15. The van der Waals surface area contributed by atoms with Crippen LogP contribution in [0.5, 0.6) is 0 Å². The van der Waals surface area contributed by atoms with Gasteiger partial charge in [0.15, 0.2) is 0 Å². The molecule has 23 heavy (non-hydrogen) atoms. The Morgan fingerprint density at radius 2 is 2.22 bits per heavy atom. The maximum Gasteiger partial charge on any atom is 0.217 e. The standard InChI is InChI=1S/C17H23N5O/c1-13(23)18-8-14-5-6-16(19-9-14)17-4-3-7-22(17)12-15-10-20-21(2)11-15/h5-6,9-11,17H,3-4,7-8,12H2,1-2H3,(H,18,23). The van der Waals surface area contributed by atoms with Gasteiger partial charge in [0.1, 0.15) is 0 Å². The third kappa shape index (κ3) is 3.96. The molecule has 122 valence electrons. The van der Waals surface area contributed by atoms with Gasteiger partial charge in [0, 0.05) is 45.0 Å². The normalized spacial score (nSPS) is 18.3. The molecular formula is C17H23N5O. The highest BCUT2D eigenvalue weighted by Gasteiger charge is 2.27. The lowest BCUT2D eigenvalue weighted by atomic mass is 10.1. The SMILES string of the molecule is CC(=O)NCc1ccc(C2CCCN2Cc2cnn(C)c2)nc1. The van der Waals surface area contributed by atoms with Crippen molar-refractivity contribution in [2.45, 2.75) is 38.9 Å². The van der Waals surface area contributed by atoms with Crippen molar-refractivity contribution in [3.05, 3.63) is 47.5 Å². The van der Waals surface area contributed by atoms with E-state index in [1.54, 1.807) is 0 Å². The second-order valence-electron chi connectivity index (χ2n) is 6.15. The van der Waals surface area contributed by atoms with Crippen molar-refractivity contribution in [3.8, 4) is 0 Å². The first-order chi connectivity index (χ1) is 11.1. The largest absolute Gasteiger partial charge is 0.352 e. The molecule has 1 saturated heterocycles. The van der Waals surface area contributed by atoms with Gasteiger partial charge >= 0.3 is 0 Å². The molecular weight excluding hydrogens is 290 g/mol. The minimum absolute atomic E-state index is 0.0208. The summed E-state index contributed by atoms with van der Waals surface area (Å²) < 4.78 is 1.84. The van der Waals surface area contributed by atoms with Crippen LogP contribution in [-0.4, -0.2) is 32.1 Å². The molecule has 2 aromatic rings. The molecule has 0 radical (unpaired) electrons. The maximum absolute atomic E-state index is 11.0. The van der Waals surface area contributed by atoms with Crippen LogP contribution in [0.2, 0.25) is 0 Å². The zero-order valence-electron chi connectivity index (χ0n) is 13.7. The first-order valence-corrected chi connectivity index (χ1v) is 8.02. The van der Waals surface area contributed by atoms with Crippen LogP contribution >= 0.6 is 0 Å². The van der Waals surface area contributed by atoms with Crippen LogP contribution in [0.1, 0.15) is 42.6 Å². The highest BCUT2D eigenvalue weighted by molar-refractivity contribution is 5.72. The number of nitrogens with one attached hydrogen (secondary N) is 1. The summed E-state index contributed by atoms with van der Waals surface area (Å²) in [6, 6.07) is 4.51. The zero-order chi connectivity index (χ0) is 16.2. The molecule has 0 saturated carbocycles. The maximum atomic E-state index is 11.0. The summed E-state index contributed by atoms with van der Waals surface area (Å²) in [6.45, 7) is 4.06. The van der Waals surface area contributed by atoms with Gasteiger partial charge in [-0.2, -0.15) is 5.10 Å². The minimum atomic E-state index is -0.0208. The molecule has 3 heterocycles. The summed E-state index contributed by atoms with van der Waals surface area (Å²) in [5.41, 5.74) is 3.38. The number of aromatic nitrogens is 3. The van der Waals surface area contributed by atoms with Crippen LogP contribution in [-0.2, 0) is 24.9 Å². The van der Waals surface area contributed by atoms with Crippen LogP contribution < -0.4 is 5.32 Å². The topological polar surface area (TPSA) is 63.1 Å². The van der Waals surface area contributed by atoms with Gasteiger partial charge in [0.05, 0.1) is 17.9 Å². The molecule has 1 aliphatic heterocycles. The summed E-state index contributed by atoms with van der Waals surface area (Å²) in [7, 11) is 1.94. The Hall–Kier alpha value is -2.21. The Bertz CT molecular complexity index is 664. The highest BCUT2D eigenvalue weighted by atomic mass is 16.1. The Labute approximate surface area is 136 Å². The molecule has 0 aromatic carbocycles. The van der Waals surface area contributed by atoms with Crippen molar-refractivity contribution in [2.24, 2.45) is 7.05 Å². The van der Waals surface area contributed by atoms with Gasteiger partial charge in [-0.3, -0.25) is 19.4 Å². The predicted octanol–water partition coefficient (Wildman–Crippen LogP) is 1.79. The monoisotopic (exact) mass is 313 g/mol. The number of nitrogens with zero attached hydrogens (tertiary/aromatic N) is 4. The lowest BCUT2D eigenvalue weighted by molar-refractivity contribution is -0.119. The zero-order valence-corrected chi connectivity index (χ0v) is 13.7. The first-order valence-electron chi connectivity index (χ1n) is 8.02. The Kier molecular flexibility index (Phi) is 4.71. The lowest BCUT2D eigenvalue weighted by Gasteiger charge is -2.23. The summed E-state index contributed by atoms with van der Waals surface area (Å²) in [5.74, 6) is -0.0208. The minimum Gasteiger partial charge on any atom is -0.352 e. The van der Waals surface area contributed by atoms with Crippen LogP contribution in [0.15, 0.2) is 30.7 Å². The Morgan fingerprint density at radius 1 is 1.35 bits per heavy atom. The molecule has 6 heteroatoms. The number of hydrogen-bond acceptors (Lipinski definition) is 4. The van der Waals surface area contributed by atoms with E-state index in [0.717, 1.165) is 30.8 Å². The molecule has 1 atom stereocenters. The van der Waals surface area contributed by atoms with E-state index < -0.39 is 0 Å². The fourth-order valence-corrected chi connectivity index (χ4v) is 3.10. The third-order valence-electron chi connectivity index (χ3n) is 4.24. The van der Waals surface area contributed by atoms with Gasteiger partial charge in [-0.15, -0.1) is 0 Å². The van der Waals surface area contributed by atoms with Gasteiger partial charge in [0.25, 0.3) is 0 Å². The molecule has 1 N–H and O–H groups in total. The van der Waals surface area contributed by atoms with E-state index >= 15 is 0 Å². The van der Waals surface area contributed by atoms with Gasteiger partial charge in [-0.25, -0.2) is 0 Å². The van der Waals surface area contributed by atoms with E-state index in [1.807, 2.05) is 24.1 Å². The van der Waals surface area contributed by atoms with E-state index in [0.29, 0.717) is 12.6 Å². The number of aryl methyl sites for hydroxylation is 1. The molecule has 0 bridgehead atoms. The van der Waals surface area contributed by atoms with Crippen molar-refractivity contribution in [2.75, 3.05) is 6.54 Å². The van der Waals surface area contributed by atoms with Crippen LogP contribution in [0.4, 0.5) is 0 Å². The van der Waals surface area contributed by atoms with Crippen LogP contribution in [0.3, 0.4) is 0 Å². The van der Waals surface area contributed by atoms with Crippen molar-refractivity contribution in [1.82, 2.24) is 25.0 Å². The van der Waals surface area contributed by atoms with Crippen molar-refractivity contribution < 1.29 is 4.79 Å². The predicted molar refractivity (Wildman–Crippen MR) is 87.4 cm³/mol. The average Bonchev–Trinajstić information content (AvgIpc) is 3.15. The highest BCUT2D eigenvalue weighted by Crippen LogP contribution is 2.31. The number of hydrogen-bond donors (Lipinski definition) is 1. The molecule has 2 aromatic heterocycles. The van der Waals surface area contributed by atoms with Crippen molar-refractivity contribution >= 4 is 5.91 Å². The molecule has 0 aliphatic carbocycles. The molecule has 1 fully saturated rings. The summed E-state index contributed by atoms with van der Waals surface area (Å²) in [4.78, 5) is 18.1. The number of carbonyl (C=O) groups excluding carboxylic acids is 1. The third-order valence-corrected chi connectivity index (χ3v) is 4.24. The summed E-state index contributed by atoms with van der Waals surface area (Å²) >= 11 is 0.